The highest BCUT2D eigenvalue weighted by molar-refractivity contribution is 9.10. The smallest absolute Gasteiger partial charge is 0.0410 e. The van der Waals surface area contributed by atoms with Crippen molar-refractivity contribution >= 4 is 15.9 Å². The highest BCUT2D eigenvalue weighted by atomic mass is 79.9. The van der Waals surface area contributed by atoms with Crippen LogP contribution in [-0.4, -0.2) is 23.0 Å². The Balaban J connectivity index is 1.90. The monoisotopic (exact) mass is 296 g/mol. The van der Waals surface area contributed by atoms with Crippen LogP contribution in [0.4, 0.5) is 0 Å². The predicted molar refractivity (Wildman–Crippen MR) is 74.8 cm³/mol. The fourth-order valence-corrected chi connectivity index (χ4v) is 2.82. The highest BCUT2D eigenvalue weighted by Crippen LogP contribution is 2.34. The molecule has 1 saturated heterocycles. The van der Waals surface area contributed by atoms with E-state index in [0.717, 1.165) is 11.0 Å². The second kappa shape index (κ2) is 5.49. The summed E-state index contributed by atoms with van der Waals surface area (Å²) in [5, 5.41) is 0. The van der Waals surface area contributed by atoms with Gasteiger partial charge in [0.25, 0.3) is 0 Å². The normalized spacial score (nSPS) is 20.4. The van der Waals surface area contributed by atoms with Crippen molar-refractivity contribution in [2.24, 2.45) is 5.41 Å². The minimum atomic E-state index is 0.575. The Hall–Kier alpha value is -0.410. The molecule has 0 aromatic carbocycles. The van der Waals surface area contributed by atoms with E-state index in [0.29, 0.717) is 5.41 Å². The Morgan fingerprint density at radius 1 is 1.35 bits per heavy atom. The number of nitrogens with zero attached hydrogens (tertiary/aromatic N) is 2. The first kappa shape index (κ1) is 13.0. The van der Waals surface area contributed by atoms with Crippen LogP contribution >= 0.6 is 15.9 Å². The van der Waals surface area contributed by atoms with Crippen molar-refractivity contribution in [2.45, 2.75) is 39.7 Å². The first-order chi connectivity index (χ1) is 8.11. The number of likely N-dealkylation sites (tertiary alicyclic amines) is 1. The molecule has 0 atom stereocenters. The van der Waals surface area contributed by atoms with Gasteiger partial charge in [0.1, 0.15) is 0 Å². The summed E-state index contributed by atoms with van der Waals surface area (Å²) in [6.45, 7) is 8.21. The number of pyridine rings is 1. The molecule has 1 aromatic heterocycles. The molecule has 0 radical (unpaired) electrons. The molecule has 0 N–H and O–H groups in total. The zero-order valence-corrected chi connectivity index (χ0v) is 12.3. The van der Waals surface area contributed by atoms with Crippen molar-refractivity contribution in [2.75, 3.05) is 13.1 Å². The number of aromatic nitrogens is 1. The topological polar surface area (TPSA) is 16.1 Å². The number of halogens is 1. The molecule has 0 amide bonds. The van der Waals surface area contributed by atoms with Gasteiger partial charge in [-0.25, -0.2) is 0 Å². The molecule has 0 unspecified atom stereocenters. The number of hydrogen-bond acceptors (Lipinski definition) is 2. The van der Waals surface area contributed by atoms with Gasteiger partial charge in [-0.05, 0) is 58.9 Å². The van der Waals surface area contributed by atoms with Gasteiger partial charge in [-0.15, -0.1) is 0 Å². The molecule has 0 spiro atoms. The molecule has 1 fully saturated rings. The molecule has 0 saturated carbocycles. The Morgan fingerprint density at radius 2 is 2.06 bits per heavy atom. The van der Waals surface area contributed by atoms with Crippen LogP contribution in [0.1, 0.15) is 38.7 Å². The van der Waals surface area contributed by atoms with Gasteiger partial charge >= 0.3 is 0 Å². The van der Waals surface area contributed by atoms with Crippen molar-refractivity contribution in [1.82, 2.24) is 9.88 Å². The maximum absolute atomic E-state index is 4.22. The van der Waals surface area contributed by atoms with Gasteiger partial charge in [0.15, 0.2) is 0 Å². The molecular weight excluding hydrogens is 276 g/mol. The summed E-state index contributed by atoms with van der Waals surface area (Å²) in [7, 11) is 0. The van der Waals surface area contributed by atoms with Gasteiger partial charge in [-0.3, -0.25) is 9.88 Å². The van der Waals surface area contributed by atoms with Gasteiger partial charge in [0.2, 0.25) is 0 Å². The molecule has 2 rings (SSSR count). The maximum Gasteiger partial charge on any atom is 0.0410 e. The standard InChI is InChI=1S/C14H21BrN2/c1-3-14(2)4-6-17(7-5-14)11-12-8-13(15)10-16-9-12/h8-10H,3-7,11H2,1-2H3. The van der Waals surface area contributed by atoms with Crippen molar-refractivity contribution in [3.8, 4) is 0 Å². The van der Waals surface area contributed by atoms with E-state index in [-0.39, 0.29) is 0 Å². The summed E-state index contributed by atoms with van der Waals surface area (Å²) in [4.78, 5) is 6.76. The van der Waals surface area contributed by atoms with E-state index in [1.165, 1.54) is 37.9 Å². The lowest BCUT2D eigenvalue weighted by Crippen LogP contribution is -2.37. The van der Waals surface area contributed by atoms with E-state index in [2.05, 4.69) is 45.7 Å². The number of hydrogen-bond donors (Lipinski definition) is 0. The third-order valence-electron chi connectivity index (χ3n) is 4.08. The first-order valence-corrected chi connectivity index (χ1v) is 7.22. The second-order valence-electron chi connectivity index (χ2n) is 5.45. The van der Waals surface area contributed by atoms with Crippen LogP contribution in [0.15, 0.2) is 22.9 Å². The minimum Gasteiger partial charge on any atom is -0.299 e. The summed E-state index contributed by atoms with van der Waals surface area (Å²) >= 11 is 3.48. The van der Waals surface area contributed by atoms with Crippen molar-refractivity contribution in [1.29, 1.82) is 0 Å². The van der Waals surface area contributed by atoms with E-state index in [1.54, 1.807) is 0 Å². The number of rotatable bonds is 3. The zero-order chi connectivity index (χ0) is 12.3. The largest absolute Gasteiger partial charge is 0.299 e. The minimum absolute atomic E-state index is 0.575. The van der Waals surface area contributed by atoms with Crippen molar-refractivity contribution < 1.29 is 0 Å². The fraction of sp³-hybridized carbons (Fsp3) is 0.643. The first-order valence-electron chi connectivity index (χ1n) is 6.43. The van der Waals surface area contributed by atoms with Crippen molar-refractivity contribution in [3.05, 3.63) is 28.5 Å². The Kier molecular flexibility index (Phi) is 4.21. The Morgan fingerprint density at radius 3 is 2.65 bits per heavy atom. The molecule has 17 heavy (non-hydrogen) atoms. The fourth-order valence-electron chi connectivity index (χ4n) is 2.41. The summed E-state index contributed by atoms with van der Waals surface area (Å²) in [6.07, 6.45) is 7.77. The third kappa shape index (κ3) is 3.52. The number of piperidine rings is 1. The molecule has 94 valence electrons. The van der Waals surface area contributed by atoms with Gasteiger partial charge in [-0.1, -0.05) is 20.3 Å². The third-order valence-corrected chi connectivity index (χ3v) is 4.52. The van der Waals surface area contributed by atoms with Crippen LogP contribution in [0.5, 0.6) is 0 Å². The second-order valence-corrected chi connectivity index (χ2v) is 6.37. The van der Waals surface area contributed by atoms with Crippen LogP contribution in [-0.2, 0) is 6.54 Å². The molecule has 0 bridgehead atoms. The Bertz CT molecular complexity index is 370. The van der Waals surface area contributed by atoms with E-state index in [4.69, 9.17) is 0 Å². The highest BCUT2D eigenvalue weighted by Gasteiger charge is 2.27. The zero-order valence-electron chi connectivity index (χ0n) is 10.7. The van der Waals surface area contributed by atoms with E-state index < -0.39 is 0 Å². The molecule has 1 aromatic rings. The molecule has 3 heteroatoms. The lowest BCUT2D eigenvalue weighted by Gasteiger charge is -2.38. The lowest BCUT2D eigenvalue weighted by molar-refractivity contribution is 0.109. The van der Waals surface area contributed by atoms with E-state index in [1.807, 2.05) is 12.4 Å². The summed E-state index contributed by atoms with van der Waals surface area (Å²) in [5.41, 5.74) is 1.88. The SMILES string of the molecule is CCC1(C)CCN(Cc2cncc(Br)c2)CC1. The van der Waals surface area contributed by atoms with Crippen molar-refractivity contribution in [3.63, 3.8) is 0 Å². The van der Waals surface area contributed by atoms with Crippen LogP contribution in [0.2, 0.25) is 0 Å². The quantitative estimate of drug-likeness (QED) is 0.842. The molecule has 1 aliphatic rings. The van der Waals surface area contributed by atoms with Gasteiger partial charge in [0.05, 0.1) is 0 Å². The van der Waals surface area contributed by atoms with Crippen LogP contribution < -0.4 is 0 Å². The molecule has 0 aliphatic carbocycles. The average Bonchev–Trinajstić information content (AvgIpc) is 2.33. The van der Waals surface area contributed by atoms with Crippen LogP contribution in [0.3, 0.4) is 0 Å². The molecular formula is C14H21BrN2. The van der Waals surface area contributed by atoms with E-state index >= 15 is 0 Å². The Labute approximate surface area is 113 Å². The molecule has 2 heterocycles. The maximum atomic E-state index is 4.22. The van der Waals surface area contributed by atoms with Gasteiger partial charge < -0.3 is 0 Å². The van der Waals surface area contributed by atoms with Crippen LogP contribution in [0.25, 0.3) is 0 Å². The lowest BCUT2D eigenvalue weighted by atomic mass is 9.78. The predicted octanol–water partition coefficient (Wildman–Crippen LogP) is 3.86. The van der Waals surface area contributed by atoms with Gasteiger partial charge in [-0.2, -0.15) is 0 Å². The summed E-state index contributed by atoms with van der Waals surface area (Å²) < 4.78 is 1.07. The average molecular weight is 297 g/mol. The summed E-state index contributed by atoms with van der Waals surface area (Å²) in [5.74, 6) is 0. The van der Waals surface area contributed by atoms with E-state index in [9.17, 15) is 0 Å². The molecule has 1 aliphatic heterocycles. The molecule has 2 nitrogen and oxygen atoms in total. The summed E-state index contributed by atoms with van der Waals surface area (Å²) in [6, 6.07) is 2.17. The van der Waals surface area contributed by atoms with Crippen LogP contribution in [0, 0.1) is 5.41 Å². The van der Waals surface area contributed by atoms with Gasteiger partial charge in [0, 0.05) is 23.4 Å².